The highest BCUT2D eigenvalue weighted by atomic mass is 35.5. The Balaban J connectivity index is 3.22. The van der Waals surface area contributed by atoms with E-state index in [0.29, 0.717) is 16.4 Å². The molecule has 0 bridgehead atoms. The summed E-state index contributed by atoms with van der Waals surface area (Å²) in [5, 5.41) is 15.6. The lowest BCUT2D eigenvalue weighted by Gasteiger charge is -2.09. The average molecular weight is 187 g/mol. The molecule has 0 fully saturated rings. The third-order valence-corrected chi connectivity index (χ3v) is 2.00. The Kier molecular flexibility index (Phi) is 2.65. The van der Waals surface area contributed by atoms with Gasteiger partial charge in [0.2, 0.25) is 0 Å². The standard InChI is InChI=1S/C8H11ClN2O/c1-10-6-3-5(12)4-7(11-2)8(6)9/h3-4,10-12H,1-2H3. The van der Waals surface area contributed by atoms with Crippen molar-refractivity contribution in [3.05, 3.63) is 17.2 Å². The van der Waals surface area contributed by atoms with Crippen LogP contribution >= 0.6 is 11.6 Å². The van der Waals surface area contributed by atoms with Gasteiger partial charge in [0.05, 0.1) is 16.4 Å². The largest absolute Gasteiger partial charge is 0.508 e. The minimum absolute atomic E-state index is 0.188. The van der Waals surface area contributed by atoms with Crippen molar-refractivity contribution in [2.75, 3.05) is 24.7 Å². The maximum Gasteiger partial charge on any atom is 0.119 e. The first kappa shape index (κ1) is 9.00. The van der Waals surface area contributed by atoms with Crippen LogP contribution in [-0.4, -0.2) is 19.2 Å². The zero-order chi connectivity index (χ0) is 9.14. The molecular weight excluding hydrogens is 176 g/mol. The Morgan fingerprint density at radius 1 is 1.17 bits per heavy atom. The molecule has 1 aromatic rings. The number of halogens is 1. The molecule has 3 nitrogen and oxygen atoms in total. The van der Waals surface area contributed by atoms with E-state index in [2.05, 4.69) is 10.6 Å². The molecule has 0 heterocycles. The minimum atomic E-state index is 0.188. The van der Waals surface area contributed by atoms with Crippen molar-refractivity contribution < 1.29 is 5.11 Å². The highest BCUT2D eigenvalue weighted by Gasteiger charge is 2.05. The molecule has 12 heavy (non-hydrogen) atoms. The van der Waals surface area contributed by atoms with Crippen LogP contribution in [0.4, 0.5) is 11.4 Å². The van der Waals surface area contributed by atoms with E-state index < -0.39 is 0 Å². The minimum Gasteiger partial charge on any atom is -0.508 e. The first-order chi connectivity index (χ1) is 5.69. The van der Waals surface area contributed by atoms with Crippen LogP contribution in [0.3, 0.4) is 0 Å². The molecule has 0 aliphatic carbocycles. The Morgan fingerprint density at radius 3 is 1.92 bits per heavy atom. The second-order valence-electron chi connectivity index (χ2n) is 2.35. The first-order valence-electron chi connectivity index (χ1n) is 3.57. The van der Waals surface area contributed by atoms with Gasteiger partial charge in [-0.15, -0.1) is 0 Å². The van der Waals surface area contributed by atoms with Gasteiger partial charge in [-0.05, 0) is 0 Å². The van der Waals surface area contributed by atoms with E-state index in [1.807, 2.05) is 0 Å². The summed E-state index contributed by atoms with van der Waals surface area (Å²) in [7, 11) is 3.50. The van der Waals surface area contributed by atoms with Crippen LogP contribution in [0.15, 0.2) is 12.1 Å². The molecule has 1 rings (SSSR count). The smallest absolute Gasteiger partial charge is 0.119 e. The zero-order valence-electron chi connectivity index (χ0n) is 6.98. The highest BCUT2D eigenvalue weighted by molar-refractivity contribution is 6.36. The van der Waals surface area contributed by atoms with Gasteiger partial charge in [-0.1, -0.05) is 11.6 Å². The van der Waals surface area contributed by atoms with Crippen molar-refractivity contribution in [1.82, 2.24) is 0 Å². The molecule has 0 unspecified atom stereocenters. The van der Waals surface area contributed by atoms with E-state index in [9.17, 15) is 5.11 Å². The zero-order valence-corrected chi connectivity index (χ0v) is 7.74. The fourth-order valence-corrected chi connectivity index (χ4v) is 1.27. The summed E-state index contributed by atoms with van der Waals surface area (Å²) in [6, 6.07) is 3.15. The summed E-state index contributed by atoms with van der Waals surface area (Å²) in [5.41, 5.74) is 1.42. The number of benzene rings is 1. The second-order valence-corrected chi connectivity index (χ2v) is 2.73. The van der Waals surface area contributed by atoms with Crippen LogP contribution in [0.1, 0.15) is 0 Å². The molecular formula is C8H11ClN2O. The van der Waals surface area contributed by atoms with Gasteiger partial charge in [-0.25, -0.2) is 0 Å². The molecule has 0 saturated heterocycles. The van der Waals surface area contributed by atoms with Crippen LogP contribution in [0, 0.1) is 0 Å². The molecule has 3 N–H and O–H groups in total. The molecule has 1 aromatic carbocycles. The third-order valence-electron chi connectivity index (χ3n) is 1.60. The molecule has 4 heteroatoms. The molecule has 0 aromatic heterocycles. The number of phenols is 1. The van der Waals surface area contributed by atoms with Crippen molar-refractivity contribution in [2.45, 2.75) is 0 Å². The number of aromatic hydroxyl groups is 1. The van der Waals surface area contributed by atoms with Crippen molar-refractivity contribution in [1.29, 1.82) is 0 Å². The molecule has 0 radical (unpaired) electrons. The number of anilines is 2. The summed E-state index contributed by atoms with van der Waals surface area (Å²) >= 11 is 5.94. The van der Waals surface area contributed by atoms with Gasteiger partial charge >= 0.3 is 0 Å². The second kappa shape index (κ2) is 3.54. The van der Waals surface area contributed by atoms with Crippen LogP contribution in [0.2, 0.25) is 5.02 Å². The Hall–Kier alpha value is -1.09. The van der Waals surface area contributed by atoms with Crippen molar-refractivity contribution in [3.8, 4) is 5.75 Å². The van der Waals surface area contributed by atoms with Crippen LogP contribution < -0.4 is 10.6 Å². The van der Waals surface area contributed by atoms with Crippen molar-refractivity contribution in [2.24, 2.45) is 0 Å². The lowest BCUT2D eigenvalue weighted by Crippen LogP contribution is -1.94. The van der Waals surface area contributed by atoms with Gasteiger partial charge in [-0.2, -0.15) is 0 Å². The van der Waals surface area contributed by atoms with E-state index in [0.717, 1.165) is 0 Å². The Bertz CT molecular complexity index is 263. The van der Waals surface area contributed by atoms with Gasteiger partial charge < -0.3 is 15.7 Å². The number of hydrogen-bond acceptors (Lipinski definition) is 3. The van der Waals surface area contributed by atoms with Gasteiger partial charge in [-0.3, -0.25) is 0 Å². The Morgan fingerprint density at radius 2 is 1.58 bits per heavy atom. The van der Waals surface area contributed by atoms with E-state index >= 15 is 0 Å². The maximum absolute atomic E-state index is 9.24. The van der Waals surface area contributed by atoms with Crippen LogP contribution in [-0.2, 0) is 0 Å². The number of nitrogens with one attached hydrogen (secondary N) is 2. The lowest BCUT2D eigenvalue weighted by atomic mass is 10.2. The van der Waals surface area contributed by atoms with Gasteiger partial charge in [0.25, 0.3) is 0 Å². The van der Waals surface area contributed by atoms with Gasteiger partial charge in [0, 0.05) is 26.2 Å². The van der Waals surface area contributed by atoms with Gasteiger partial charge in [0.1, 0.15) is 5.75 Å². The summed E-state index contributed by atoms with van der Waals surface area (Å²) in [5.74, 6) is 0.188. The molecule has 0 amide bonds. The predicted octanol–water partition coefficient (Wildman–Crippen LogP) is 2.13. The third kappa shape index (κ3) is 1.56. The lowest BCUT2D eigenvalue weighted by molar-refractivity contribution is 0.476. The monoisotopic (exact) mass is 186 g/mol. The molecule has 0 atom stereocenters. The number of hydrogen-bond donors (Lipinski definition) is 3. The maximum atomic E-state index is 9.24. The Labute approximate surface area is 76.4 Å². The van der Waals surface area contributed by atoms with Gasteiger partial charge in [0.15, 0.2) is 0 Å². The fraction of sp³-hybridized carbons (Fsp3) is 0.250. The first-order valence-corrected chi connectivity index (χ1v) is 3.95. The SMILES string of the molecule is CNc1cc(O)cc(NC)c1Cl. The normalized spacial score (nSPS) is 9.58. The summed E-state index contributed by atoms with van der Waals surface area (Å²) in [6.45, 7) is 0. The van der Waals surface area contributed by atoms with Crippen molar-refractivity contribution in [3.63, 3.8) is 0 Å². The highest BCUT2D eigenvalue weighted by Crippen LogP contribution is 2.33. The van der Waals surface area contributed by atoms with Crippen molar-refractivity contribution >= 4 is 23.0 Å². The summed E-state index contributed by atoms with van der Waals surface area (Å²) in [4.78, 5) is 0. The van der Waals surface area contributed by atoms with E-state index in [4.69, 9.17) is 11.6 Å². The van der Waals surface area contributed by atoms with E-state index in [-0.39, 0.29) is 5.75 Å². The molecule has 0 aliphatic heterocycles. The summed E-state index contributed by atoms with van der Waals surface area (Å²) in [6.07, 6.45) is 0. The van der Waals surface area contributed by atoms with E-state index in [1.54, 1.807) is 26.2 Å². The molecule has 0 saturated carbocycles. The quantitative estimate of drug-likeness (QED) is 0.663. The molecule has 0 spiro atoms. The summed E-state index contributed by atoms with van der Waals surface area (Å²) < 4.78 is 0. The average Bonchev–Trinajstić information content (AvgIpc) is 2.08. The topological polar surface area (TPSA) is 44.3 Å². The number of rotatable bonds is 2. The molecule has 0 aliphatic rings. The molecule has 66 valence electrons. The van der Waals surface area contributed by atoms with Crippen LogP contribution in [0.25, 0.3) is 0 Å². The fourth-order valence-electron chi connectivity index (χ4n) is 0.973. The predicted molar refractivity (Wildman–Crippen MR) is 52.2 cm³/mol. The van der Waals surface area contributed by atoms with E-state index in [1.165, 1.54) is 0 Å². The number of phenolic OH excluding ortho intramolecular Hbond substituents is 1. The van der Waals surface area contributed by atoms with Crippen LogP contribution in [0.5, 0.6) is 5.75 Å².